The van der Waals surface area contributed by atoms with Gasteiger partial charge in [-0.1, -0.05) is 0 Å². The molecule has 6 heteroatoms. The predicted octanol–water partition coefficient (Wildman–Crippen LogP) is -0.418. The zero-order valence-corrected chi connectivity index (χ0v) is 6.27. The Kier molecular flexibility index (Phi) is 1.42. The molecule has 0 aliphatic rings. The smallest absolute Gasteiger partial charge is 0.419 e. The van der Waals surface area contributed by atoms with Crippen LogP contribution in [-0.2, 0) is 0 Å². The molecular weight excluding hydrogens is 176 g/mol. The van der Waals surface area contributed by atoms with Crippen molar-refractivity contribution in [3.63, 3.8) is 0 Å². The van der Waals surface area contributed by atoms with E-state index in [1.165, 1.54) is 0 Å². The Labute approximate surface area is 70.5 Å². The first-order chi connectivity index (χ1) is 6.16. The van der Waals surface area contributed by atoms with Crippen LogP contribution in [0.4, 0.5) is 0 Å². The van der Waals surface area contributed by atoms with E-state index in [-0.39, 0.29) is 16.8 Å². The third kappa shape index (κ3) is 1.18. The molecule has 2 rings (SSSR count). The number of aromatic hydroxyl groups is 1. The summed E-state index contributed by atoms with van der Waals surface area (Å²) in [6.07, 6.45) is 1.09. The molecule has 2 aromatic heterocycles. The van der Waals surface area contributed by atoms with Gasteiger partial charge in [-0.2, -0.15) is 0 Å². The van der Waals surface area contributed by atoms with Crippen LogP contribution in [-0.4, -0.2) is 15.1 Å². The lowest BCUT2D eigenvalue weighted by Crippen LogP contribution is -2.18. The first-order valence-corrected chi connectivity index (χ1v) is 3.39. The fraction of sp³-hybridized carbons (Fsp3) is 0. The van der Waals surface area contributed by atoms with Gasteiger partial charge in [-0.05, 0) is 0 Å². The van der Waals surface area contributed by atoms with Crippen molar-refractivity contribution in [2.24, 2.45) is 0 Å². The van der Waals surface area contributed by atoms with Crippen LogP contribution in [0.3, 0.4) is 0 Å². The van der Waals surface area contributed by atoms with E-state index in [0.29, 0.717) is 0 Å². The van der Waals surface area contributed by atoms with Crippen LogP contribution in [0.1, 0.15) is 0 Å². The van der Waals surface area contributed by atoms with Crippen molar-refractivity contribution < 1.29 is 9.52 Å². The molecule has 66 valence electrons. The molecule has 0 aromatic carbocycles. The van der Waals surface area contributed by atoms with Crippen LogP contribution in [0.5, 0.6) is 5.75 Å². The zero-order valence-electron chi connectivity index (χ0n) is 6.27. The summed E-state index contributed by atoms with van der Waals surface area (Å²) in [5.41, 5.74) is -0.683. The topological polar surface area (TPSA) is 96.2 Å². The fourth-order valence-electron chi connectivity index (χ4n) is 0.960. The molecule has 0 aliphatic heterocycles. The fourth-order valence-corrected chi connectivity index (χ4v) is 0.960. The molecular formula is C7H4N2O4. The number of pyridine rings is 1. The van der Waals surface area contributed by atoms with Crippen molar-refractivity contribution in [1.82, 2.24) is 9.97 Å². The Bertz CT molecular complexity index is 568. The maximum absolute atomic E-state index is 11.1. The lowest BCUT2D eigenvalue weighted by Gasteiger charge is -1.93. The molecule has 0 amide bonds. The van der Waals surface area contributed by atoms with Crippen LogP contribution in [0.25, 0.3) is 11.1 Å². The van der Waals surface area contributed by atoms with Gasteiger partial charge in [0, 0.05) is 6.07 Å². The Morgan fingerprint density at radius 1 is 1.46 bits per heavy atom. The summed E-state index contributed by atoms with van der Waals surface area (Å²) in [6, 6.07) is 1.15. The molecule has 13 heavy (non-hydrogen) atoms. The van der Waals surface area contributed by atoms with Gasteiger partial charge in [0.25, 0.3) is 5.56 Å². The standard InChI is InChI=1S/C7H4N2O4/c10-3-1-4-5(8-2-3)6(11)9-7(12)13-4/h1-2,10H,(H,9,11,12). The minimum Gasteiger partial charge on any atom is -0.506 e. The van der Waals surface area contributed by atoms with E-state index in [1.54, 1.807) is 0 Å². The van der Waals surface area contributed by atoms with Gasteiger partial charge in [-0.15, -0.1) is 0 Å². The summed E-state index contributed by atoms with van der Waals surface area (Å²) < 4.78 is 4.59. The molecule has 0 fully saturated rings. The monoisotopic (exact) mass is 180 g/mol. The van der Waals surface area contributed by atoms with E-state index in [2.05, 4.69) is 9.40 Å². The van der Waals surface area contributed by atoms with E-state index in [4.69, 9.17) is 5.11 Å². The van der Waals surface area contributed by atoms with E-state index >= 15 is 0 Å². The third-order valence-electron chi connectivity index (χ3n) is 1.47. The molecule has 0 saturated heterocycles. The maximum Gasteiger partial charge on any atom is 0.419 e. The zero-order chi connectivity index (χ0) is 9.42. The van der Waals surface area contributed by atoms with E-state index in [9.17, 15) is 9.59 Å². The SMILES string of the molecule is O=c1[nH]c(=O)c2ncc(O)cc2o1. The summed E-state index contributed by atoms with van der Waals surface area (Å²) >= 11 is 0. The second-order valence-corrected chi connectivity index (χ2v) is 2.38. The lowest BCUT2D eigenvalue weighted by molar-refractivity contribution is 0.468. The number of H-pyrrole nitrogens is 1. The highest BCUT2D eigenvalue weighted by atomic mass is 16.4. The maximum atomic E-state index is 11.1. The summed E-state index contributed by atoms with van der Waals surface area (Å²) in [7, 11) is 0. The molecule has 0 spiro atoms. The van der Waals surface area contributed by atoms with Gasteiger partial charge in [-0.25, -0.2) is 9.78 Å². The van der Waals surface area contributed by atoms with Gasteiger partial charge in [-0.3, -0.25) is 9.78 Å². The second kappa shape index (κ2) is 2.44. The van der Waals surface area contributed by atoms with E-state index in [1.807, 2.05) is 4.98 Å². The lowest BCUT2D eigenvalue weighted by atomic mass is 10.4. The van der Waals surface area contributed by atoms with Gasteiger partial charge in [0.2, 0.25) is 0 Å². The molecule has 0 unspecified atom stereocenters. The van der Waals surface area contributed by atoms with Crippen LogP contribution in [0.15, 0.2) is 26.3 Å². The average molecular weight is 180 g/mol. The highest BCUT2D eigenvalue weighted by molar-refractivity contribution is 5.71. The van der Waals surface area contributed by atoms with Crippen molar-refractivity contribution in [1.29, 1.82) is 0 Å². The Morgan fingerprint density at radius 3 is 3.00 bits per heavy atom. The molecule has 0 bridgehead atoms. The first kappa shape index (κ1) is 7.53. The van der Waals surface area contributed by atoms with Crippen molar-refractivity contribution >= 4 is 11.1 Å². The quantitative estimate of drug-likeness (QED) is 0.574. The first-order valence-electron chi connectivity index (χ1n) is 3.39. The molecule has 0 aliphatic carbocycles. The molecule has 0 saturated carbocycles. The van der Waals surface area contributed by atoms with Crippen LogP contribution >= 0.6 is 0 Å². The second-order valence-electron chi connectivity index (χ2n) is 2.38. The highest BCUT2D eigenvalue weighted by Crippen LogP contribution is 2.11. The summed E-state index contributed by atoms with van der Waals surface area (Å²) in [4.78, 5) is 27.2. The number of rotatable bonds is 0. The number of fused-ring (bicyclic) bond motifs is 1. The molecule has 6 nitrogen and oxygen atoms in total. The van der Waals surface area contributed by atoms with Crippen molar-refractivity contribution in [2.75, 3.05) is 0 Å². The van der Waals surface area contributed by atoms with Gasteiger partial charge in [0.15, 0.2) is 11.1 Å². The van der Waals surface area contributed by atoms with E-state index < -0.39 is 11.3 Å². The van der Waals surface area contributed by atoms with Crippen molar-refractivity contribution in [2.45, 2.75) is 0 Å². The van der Waals surface area contributed by atoms with E-state index in [0.717, 1.165) is 12.3 Å². The number of aromatic nitrogens is 2. The van der Waals surface area contributed by atoms with Gasteiger partial charge in [0.1, 0.15) is 5.75 Å². The average Bonchev–Trinajstić information content (AvgIpc) is 2.02. The molecule has 0 atom stereocenters. The minimum absolute atomic E-state index is 0.0163. The number of hydrogen-bond donors (Lipinski definition) is 2. The summed E-state index contributed by atoms with van der Waals surface area (Å²) in [5, 5.41) is 8.98. The van der Waals surface area contributed by atoms with Crippen molar-refractivity contribution in [3.05, 3.63) is 33.2 Å². The number of hydrogen-bond acceptors (Lipinski definition) is 5. The number of aromatic amines is 1. The number of nitrogens with zero attached hydrogens (tertiary/aromatic N) is 1. The normalized spacial score (nSPS) is 10.5. The molecule has 0 radical (unpaired) electrons. The van der Waals surface area contributed by atoms with Gasteiger partial charge in [0.05, 0.1) is 6.20 Å². The Balaban J connectivity index is 3.03. The van der Waals surface area contributed by atoms with Crippen LogP contribution in [0.2, 0.25) is 0 Å². The van der Waals surface area contributed by atoms with Gasteiger partial charge < -0.3 is 9.52 Å². The van der Waals surface area contributed by atoms with Gasteiger partial charge >= 0.3 is 5.76 Å². The van der Waals surface area contributed by atoms with Crippen LogP contribution < -0.4 is 11.3 Å². The summed E-state index contributed by atoms with van der Waals surface area (Å²) in [5.74, 6) is -1.04. The Morgan fingerprint density at radius 2 is 2.23 bits per heavy atom. The Hall–Kier alpha value is -2.11. The third-order valence-corrected chi connectivity index (χ3v) is 1.47. The summed E-state index contributed by atoms with van der Waals surface area (Å²) in [6.45, 7) is 0. The molecule has 2 aromatic rings. The number of nitrogens with one attached hydrogen (secondary N) is 1. The minimum atomic E-state index is -0.870. The predicted molar refractivity (Wildman–Crippen MR) is 42.6 cm³/mol. The molecule has 2 N–H and O–H groups in total. The van der Waals surface area contributed by atoms with Crippen molar-refractivity contribution in [3.8, 4) is 5.75 Å². The highest BCUT2D eigenvalue weighted by Gasteiger charge is 2.04. The van der Waals surface area contributed by atoms with Crippen LogP contribution in [0, 0.1) is 0 Å². The largest absolute Gasteiger partial charge is 0.506 e. The molecule has 2 heterocycles.